The van der Waals surface area contributed by atoms with E-state index in [4.69, 9.17) is 4.74 Å². The van der Waals surface area contributed by atoms with Crippen molar-refractivity contribution >= 4 is 5.91 Å². The Hall–Kier alpha value is -1.40. The van der Waals surface area contributed by atoms with Crippen molar-refractivity contribution in [3.05, 3.63) is 18.0 Å². The van der Waals surface area contributed by atoms with E-state index in [1.165, 1.54) is 5.56 Å². The maximum atomic E-state index is 12.5. The summed E-state index contributed by atoms with van der Waals surface area (Å²) in [5, 5.41) is 4.37. The molecule has 2 fully saturated rings. The molecule has 2 saturated heterocycles. The SMILES string of the molecule is Cc1cnn(C[C@@H]2CCCN2CC(=O)N2CCO[C@@H](C)C2)c1. The van der Waals surface area contributed by atoms with Crippen LogP contribution in [-0.4, -0.2) is 70.4 Å². The number of rotatable bonds is 4. The molecule has 2 aliphatic rings. The summed E-state index contributed by atoms with van der Waals surface area (Å²) in [5.74, 6) is 0.235. The van der Waals surface area contributed by atoms with Crippen LogP contribution in [0.25, 0.3) is 0 Å². The molecule has 0 unspecified atom stereocenters. The molecule has 0 radical (unpaired) electrons. The molecule has 2 aliphatic heterocycles. The zero-order valence-corrected chi connectivity index (χ0v) is 13.6. The summed E-state index contributed by atoms with van der Waals surface area (Å²) in [6.45, 7) is 8.59. The standard InChI is InChI=1S/C16H26N4O2/c1-13-8-17-20(9-13)11-15-4-3-5-18(15)12-16(21)19-6-7-22-14(2)10-19/h8-9,14-15H,3-7,10-12H2,1-2H3/t14-,15-/m0/s1. The van der Waals surface area contributed by atoms with Gasteiger partial charge in [-0.25, -0.2) is 0 Å². The van der Waals surface area contributed by atoms with Gasteiger partial charge in [0.25, 0.3) is 0 Å². The molecule has 6 heteroatoms. The number of amides is 1. The van der Waals surface area contributed by atoms with E-state index in [-0.39, 0.29) is 12.0 Å². The first kappa shape index (κ1) is 15.5. The van der Waals surface area contributed by atoms with Gasteiger partial charge in [0.05, 0.1) is 32.0 Å². The van der Waals surface area contributed by atoms with E-state index in [2.05, 4.69) is 23.1 Å². The summed E-state index contributed by atoms with van der Waals surface area (Å²) in [4.78, 5) is 16.8. The molecule has 1 aromatic heterocycles. The van der Waals surface area contributed by atoms with Gasteiger partial charge in [0.1, 0.15) is 0 Å². The number of aryl methyl sites for hydroxylation is 1. The van der Waals surface area contributed by atoms with Crippen molar-refractivity contribution in [1.82, 2.24) is 19.6 Å². The fraction of sp³-hybridized carbons (Fsp3) is 0.750. The van der Waals surface area contributed by atoms with Gasteiger partial charge < -0.3 is 9.64 Å². The first-order chi connectivity index (χ1) is 10.6. The zero-order valence-electron chi connectivity index (χ0n) is 13.6. The van der Waals surface area contributed by atoms with Crippen molar-refractivity contribution in [2.24, 2.45) is 0 Å². The molecule has 2 atom stereocenters. The third-order valence-electron chi connectivity index (χ3n) is 4.59. The second-order valence-electron chi connectivity index (χ2n) is 6.53. The minimum Gasteiger partial charge on any atom is -0.375 e. The van der Waals surface area contributed by atoms with Crippen molar-refractivity contribution < 1.29 is 9.53 Å². The van der Waals surface area contributed by atoms with Crippen LogP contribution >= 0.6 is 0 Å². The molecule has 0 aliphatic carbocycles. The number of hydrogen-bond acceptors (Lipinski definition) is 4. The number of hydrogen-bond donors (Lipinski definition) is 0. The van der Waals surface area contributed by atoms with Gasteiger partial charge >= 0.3 is 0 Å². The monoisotopic (exact) mass is 306 g/mol. The van der Waals surface area contributed by atoms with Crippen molar-refractivity contribution in [2.75, 3.05) is 32.8 Å². The number of aromatic nitrogens is 2. The van der Waals surface area contributed by atoms with E-state index in [9.17, 15) is 4.79 Å². The predicted octanol–water partition coefficient (Wildman–Crippen LogP) is 0.903. The van der Waals surface area contributed by atoms with Crippen molar-refractivity contribution in [2.45, 2.75) is 45.4 Å². The number of carbonyl (C=O) groups is 1. The maximum Gasteiger partial charge on any atom is 0.236 e. The van der Waals surface area contributed by atoms with E-state index >= 15 is 0 Å². The van der Waals surface area contributed by atoms with Gasteiger partial charge in [-0.05, 0) is 38.8 Å². The smallest absolute Gasteiger partial charge is 0.236 e. The molecule has 1 amide bonds. The van der Waals surface area contributed by atoms with Gasteiger partial charge in [0.2, 0.25) is 5.91 Å². The molecule has 3 rings (SSSR count). The van der Waals surface area contributed by atoms with Gasteiger partial charge in [-0.1, -0.05) is 0 Å². The van der Waals surface area contributed by atoms with Crippen LogP contribution in [0, 0.1) is 6.92 Å². The first-order valence-electron chi connectivity index (χ1n) is 8.24. The molecule has 0 bridgehead atoms. The van der Waals surface area contributed by atoms with Crippen LogP contribution in [0.4, 0.5) is 0 Å². The summed E-state index contributed by atoms with van der Waals surface area (Å²) in [7, 11) is 0. The second-order valence-corrected chi connectivity index (χ2v) is 6.53. The number of carbonyl (C=O) groups excluding carboxylic acids is 1. The number of ether oxygens (including phenoxy) is 1. The summed E-state index contributed by atoms with van der Waals surface area (Å²) < 4.78 is 7.51. The van der Waals surface area contributed by atoms with E-state index in [0.717, 1.165) is 39.0 Å². The van der Waals surface area contributed by atoms with E-state index in [1.54, 1.807) is 0 Å². The fourth-order valence-electron chi connectivity index (χ4n) is 3.41. The lowest BCUT2D eigenvalue weighted by Gasteiger charge is -2.33. The van der Waals surface area contributed by atoms with Crippen LogP contribution in [0.3, 0.4) is 0 Å². The average molecular weight is 306 g/mol. The van der Waals surface area contributed by atoms with Gasteiger partial charge in [-0.3, -0.25) is 14.4 Å². The van der Waals surface area contributed by atoms with Crippen molar-refractivity contribution in [3.8, 4) is 0 Å². The largest absolute Gasteiger partial charge is 0.375 e. The van der Waals surface area contributed by atoms with Crippen LogP contribution in [0.15, 0.2) is 12.4 Å². The molecular weight excluding hydrogens is 280 g/mol. The molecule has 0 N–H and O–H groups in total. The Balaban J connectivity index is 1.55. The van der Waals surface area contributed by atoms with Gasteiger partial charge in [0.15, 0.2) is 0 Å². The van der Waals surface area contributed by atoms with Gasteiger partial charge in [-0.2, -0.15) is 5.10 Å². The lowest BCUT2D eigenvalue weighted by molar-refractivity contribution is -0.139. The molecule has 3 heterocycles. The zero-order chi connectivity index (χ0) is 15.5. The topological polar surface area (TPSA) is 50.6 Å². The first-order valence-corrected chi connectivity index (χ1v) is 8.24. The quantitative estimate of drug-likeness (QED) is 0.829. The lowest BCUT2D eigenvalue weighted by atomic mass is 10.2. The normalized spacial score (nSPS) is 26.5. The molecule has 0 saturated carbocycles. The number of nitrogens with zero attached hydrogens (tertiary/aromatic N) is 4. The Morgan fingerprint density at radius 1 is 1.45 bits per heavy atom. The minimum absolute atomic E-state index is 0.152. The van der Waals surface area contributed by atoms with Crippen LogP contribution in [0.1, 0.15) is 25.3 Å². The van der Waals surface area contributed by atoms with Gasteiger partial charge in [0, 0.05) is 25.3 Å². The highest BCUT2D eigenvalue weighted by Gasteiger charge is 2.29. The fourth-order valence-corrected chi connectivity index (χ4v) is 3.41. The van der Waals surface area contributed by atoms with E-state index in [0.29, 0.717) is 19.2 Å². The van der Waals surface area contributed by atoms with Crippen molar-refractivity contribution in [1.29, 1.82) is 0 Å². The highest BCUT2D eigenvalue weighted by Crippen LogP contribution is 2.19. The van der Waals surface area contributed by atoms with Crippen LogP contribution < -0.4 is 0 Å². The molecular formula is C16H26N4O2. The van der Waals surface area contributed by atoms with Gasteiger partial charge in [-0.15, -0.1) is 0 Å². The second kappa shape index (κ2) is 6.79. The summed E-state index contributed by atoms with van der Waals surface area (Å²) >= 11 is 0. The van der Waals surface area contributed by atoms with Crippen molar-refractivity contribution in [3.63, 3.8) is 0 Å². The predicted molar refractivity (Wildman–Crippen MR) is 83.6 cm³/mol. The number of likely N-dealkylation sites (tertiary alicyclic amines) is 1. The van der Waals surface area contributed by atoms with Crippen LogP contribution in [0.2, 0.25) is 0 Å². The highest BCUT2D eigenvalue weighted by atomic mass is 16.5. The Morgan fingerprint density at radius 3 is 3.05 bits per heavy atom. The average Bonchev–Trinajstić information content (AvgIpc) is 3.09. The summed E-state index contributed by atoms with van der Waals surface area (Å²) in [6, 6.07) is 0.418. The Morgan fingerprint density at radius 2 is 2.32 bits per heavy atom. The Labute approximate surface area is 132 Å². The van der Waals surface area contributed by atoms with E-state index in [1.807, 2.05) is 22.7 Å². The third kappa shape index (κ3) is 3.67. The number of morpholine rings is 1. The van der Waals surface area contributed by atoms with Crippen LogP contribution in [-0.2, 0) is 16.1 Å². The Bertz CT molecular complexity index is 516. The molecule has 6 nitrogen and oxygen atoms in total. The summed E-state index contributed by atoms with van der Waals surface area (Å²) in [5.41, 5.74) is 1.18. The molecule has 122 valence electrons. The van der Waals surface area contributed by atoms with Crippen LogP contribution in [0.5, 0.6) is 0 Å². The highest BCUT2D eigenvalue weighted by molar-refractivity contribution is 5.78. The molecule has 0 aromatic carbocycles. The molecule has 0 spiro atoms. The third-order valence-corrected chi connectivity index (χ3v) is 4.59. The Kier molecular flexibility index (Phi) is 4.78. The minimum atomic E-state index is 0.152. The summed E-state index contributed by atoms with van der Waals surface area (Å²) in [6.07, 6.45) is 6.42. The maximum absolute atomic E-state index is 12.5. The lowest BCUT2D eigenvalue weighted by Crippen LogP contribution is -2.49. The molecule has 1 aromatic rings. The molecule has 22 heavy (non-hydrogen) atoms. The van der Waals surface area contributed by atoms with E-state index < -0.39 is 0 Å².